The highest BCUT2D eigenvalue weighted by molar-refractivity contribution is 7.13. The highest BCUT2D eigenvalue weighted by Crippen LogP contribution is 2.31. The fourth-order valence-electron chi connectivity index (χ4n) is 3.20. The summed E-state index contributed by atoms with van der Waals surface area (Å²) < 4.78 is 1.95. The maximum Gasteiger partial charge on any atom is 0.231 e. The summed E-state index contributed by atoms with van der Waals surface area (Å²) in [6.45, 7) is 0. The summed E-state index contributed by atoms with van der Waals surface area (Å²) >= 11 is 1.50. The first-order chi connectivity index (χ1) is 12.3. The van der Waals surface area contributed by atoms with Gasteiger partial charge in [-0.25, -0.2) is 9.67 Å². The molecule has 3 heterocycles. The number of hydrogen-bond acceptors (Lipinski definition) is 5. The van der Waals surface area contributed by atoms with Gasteiger partial charge in [0.2, 0.25) is 5.91 Å². The zero-order valence-electron chi connectivity index (χ0n) is 13.8. The second-order valence-electron chi connectivity index (χ2n) is 6.18. The molecule has 0 radical (unpaired) electrons. The predicted molar refractivity (Wildman–Crippen MR) is 97.4 cm³/mol. The second kappa shape index (κ2) is 7.14. The summed E-state index contributed by atoms with van der Waals surface area (Å²) in [7, 11) is 0. The van der Waals surface area contributed by atoms with Gasteiger partial charge < -0.3 is 5.32 Å². The highest BCUT2D eigenvalue weighted by atomic mass is 32.1. The van der Waals surface area contributed by atoms with E-state index in [2.05, 4.69) is 20.4 Å². The number of carbonyl (C=O) groups is 1. The van der Waals surface area contributed by atoms with Crippen molar-refractivity contribution in [2.75, 3.05) is 5.32 Å². The average molecular weight is 353 g/mol. The fourth-order valence-corrected chi connectivity index (χ4v) is 3.99. The molecule has 1 aliphatic carbocycles. The van der Waals surface area contributed by atoms with Crippen molar-refractivity contribution in [1.29, 1.82) is 0 Å². The van der Waals surface area contributed by atoms with Gasteiger partial charge >= 0.3 is 0 Å². The number of rotatable bonds is 5. The highest BCUT2D eigenvalue weighted by Gasteiger charge is 2.20. The molecule has 0 saturated heterocycles. The maximum atomic E-state index is 12.4. The molecule has 0 aliphatic heterocycles. The van der Waals surface area contributed by atoms with E-state index in [0.717, 1.165) is 35.1 Å². The van der Waals surface area contributed by atoms with Gasteiger partial charge in [0.15, 0.2) is 0 Å². The van der Waals surface area contributed by atoms with E-state index in [9.17, 15) is 4.79 Å². The number of carbonyl (C=O) groups excluding carboxylic acids is 1. The Labute approximate surface area is 149 Å². The summed E-state index contributed by atoms with van der Waals surface area (Å²) in [4.78, 5) is 21.2. The predicted octanol–water partition coefficient (Wildman–Crippen LogP) is 3.70. The Morgan fingerprint density at radius 1 is 1.24 bits per heavy atom. The maximum absolute atomic E-state index is 12.4. The number of thiazole rings is 1. The monoisotopic (exact) mass is 353 g/mol. The van der Waals surface area contributed by atoms with Gasteiger partial charge in [0.05, 0.1) is 30.0 Å². The van der Waals surface area contributed by atoms with Crippen LogP contribution in [0.4, 0.5) is 5.82 Å². The van der Waals surface area contributed by atoms with Crippen molar-refractivity contribution in [1.82, 2.24) is 19.7 Å². The minimum absolute atomic E-state index is 0.0717. The van der Waals surface area contributed by atoms with Crippen LogP contribution < -0.4 is 5.32 Å². The number of amides is 1. The third-order valence-electron chi connectivity index (χ3n) is 4.39. The van der Waals surface area contributed by atoms with Crippen molar-refractivity contribution in [2.45, 2.75) is 38.1 Å². The fraction of sp³-hybridized carbons (Fsp3) is 0.333. The minimum Gasteiger partial charge on any atom is -0.311 e. The number of pyridine rings is 1. The Kier molecular flexibility index (Phi) is 4.56. The Balaban J connectivity index is 1.42. The van der Waals surface area contributed by atoms with Crippen molar-refractivity contribution >= 4 is 23.1 Å². The van der Waals surface area contributed by atoms with Crippen molar-refractivity contribution in [3.63, 3.8) is 0 Å². The third kappa shape index (κ3) is 3.61. The standard InChI is InChI=1S/C18H19N5OS/c24-17(22-16-8-10-20-23(16)14-5-1-2-6-14)11-13-12-25-18(21-13)15-7-3-4-9-19-15/h3-4,7-10,12,14H,1-2,5-6,11H2,(H,22,24). The Morgan fingerprint density at radius 3 is 2.92 bits per heavy atom. The molecule has 0 unspecified atom stereocenters. The molecule has 1 fully saturated rings. The van der Waals surface area contributed by atoms with Crippen LogP contribution >= 0.6 is 11.3 Å². The van der Waals surface area contributed by atoms with Gasteiger partial charge in [-0.1, -0.05) is 18.9 Å². The summed E-state index contributed by atoms with van der Waals surface area (Å²) in [5.41, 5.74) is 1.59. The van der Waals surface area contributed by atoms with E-state index < -0.39 is 0 Å². The van der Waals surface area contributed by atoms with Gasteiger partial charge in [-0.3, -0.25) is 9.78 Å². The molecular weight excluding hydrogens is 334 g/mol. The van der Waals surface area contributed by atoms with E-state index in [1.54, 1.807) is 12.4 Å². The van der Waals surface area contributed by atoms with Crippen LogP contribution in [0.2, 0.25) is 0 Å². The van der Waals surface area contributed by atoms with E-state index in [0.29, 0.717) is 6.04 Å². The van der Waals surface area contributed by atoms with Crippen LogP contribution in [0.1, 0.15) is 37.4 Å². The molecule has 1 saturated carbocycles. The van der Waals surface area contributed by atoms with E-state index in [1.165, 1.54) is 24.2 Å². The van der Waals surface area contributed by atoms with Crippen LogP contribution in [0.5, 0.6) is 0 Å². The molecule has 128 valence electrons. The first-order valence-corrected chi connectivity index (χ1v) is 9.37. The summed E-state index contributed by atoms with van der Waals surface area (Å²) in [5.74, 6) is 0.703. The van der Waals surface area contributed by atoms with E-state index in [-0.39, 0.29) is 12.3 Å². The van der Waals surface area contributed by atoms with Crippen molar-refractivity contribution in [2.24, 2.45) is 0 Å². The molecule has 1 aliphatic rings. The van der Waals surface area contributed by atoms with Gasteiger partial charge in [0, 0.05) is 17.6 Å². The Hall–Kier alpha value is -2.54. The van der Waals surface area contributed by atoms with Crippen molar-refractivity contribution in [3.8, 4) is 10.7 Å². The number of nitrogens with one attached hydrogen (secondary N) is 1. The molecule has 3 aromatic rings. The molecule has 4 rings (SSSR count). The van der Waals surface area contributed by atoms with Gasteiger partial charge in [0.1, 0.15) is 10.8 Å². The van der Waals surface area contributed by atoms with Crippen LogP contribution in [0.3, 0.4) is 0 Å². The number of anilines is 1. The SMILES string of the molecule is O=C(Cc1csc(-c2ccccn2)n1)Nc1ccnn1C1CCCC1. The molecule has 0 spiro atoms. The van der Waals surface area contributed by atoms with Crippen molar-refractivity contribution in [3.05, 3.63) is 47.7 Å². The molecule has 6 nitrogen and oxygen atoms in total. The molecule has 0 atom stereocenters. The summed E-state index contributed by atoms with van der Waals surface area (Å²) in [6, 6.07) is 7.99. The zero-order valence-corrected chi connectivity index (χ0v) is 14.6. The third-order valence-corrected chi connectivity index (χ3v) is 5.30. The van der Waals surface area contributed by atoms with E-state index in [1.807, 2.05) is 34.3 Å². The Bertz CT molecular complexity index is 851. The van der Waals surface area contributed by atoms with Gasteiger partial charge in [-0.2, -0.15) is 5.10 Å². The summed E-state index contributed by atoms with van der Waals surface area (Å²) in [5, 5.41) is 10.1. The lowest BCUT2D eigenvalue weighted by Crippen LogP contribution is -2.19. The molecule has 0 aromatic carbocycles. The van der Waals surface area contributed by atoms with Crippen LogP contribution in [0, 0.1) is 0 Å². The quantitative estimate of drug-likeness (QED) is 0.759. The van der Waals surface area contributed by atoms with E-state index >= 15 is 0 Å². The first kappa shape index (κ1) is 16.0. The molecular formula is C18H19N5OS. The smallest absolute Gasteiger partial charge is 0.231 e. The molecule has 1 amide bonds. The average Bonchev–Trinajstić information content (AvgIpc) is 3.37. The minimum atomic E-state index is -0.0717. The number of nitrogens with zero attached hydrogens (tertiary/aromatic N) is 4. The van der Waals surface area contributed by atoms with Crippen LogP contribution in [0.15, 0.2) is 42.0 Å². The van der Waals surface area contributed by atoms with Crippen molar-refractivity contribution < 1.29 is 4.79 Å². The van der Waals surface area contributed by atoms with Crippen LogP contribution in [-0.4, -0.2) is 25.7 Å². The molecule has 0 bridgehead atoms. The molecule has 25 heavy (non-hydrogen) atoms. The summed E-state index contributed by atoms with van der Waals surface area (Å²) in [6.07, 6.45) is 8.45. The first-order valence-electron chi connectivity index (χ1n) is 8.49. The number of aromatic nitrogens is 4. The lowest BCUT2D eigenvalue weighted by molar-refractivity contribution is -0.115. The van der Waals surface area contributed by atoms with Gasteiger partial charge in [-0.05, 0) is 25.0 Å². The van der Waals surface area contributed by atoms with Gasteiger partial charge in [-0.15, -0.1) is 11.3 Å². The van der Waals surface area contributed by atoms with E-state index in [4.69, 9.17) is 0 Å². The topological polar surface area (TPSA) is 72.7 Å². The largest absolute Gasteiger partial charge is 0.311 e. The molecule has 7 heteroatoms. The van der Waals surface area contributed by atoms with Gasteiger partial charge in [0.25, 0.3) is 0 Å². The normalized spacial score (nSPS) is 14.7. The number of hydrogen-bond donors (Lipinski definition) is 1. The second-order valence-corrected chi connectivity index (χ2v) is 7.04. The Morgan fingerprint density at radius 2 is 2.12 bits per heavy atom. The molecule has 3 aromatic heterocycles. The lowest BCUT2D eigenvalue weighted by atomic mass is 10.2. The van der Waals surface area contributed by atoms with Crippen LogP contribution in [0.25, 0.3) is 10.7 Å². The zero-order chi connectivity index (χ0) is 17.1. The van der Waals surface area contributed by atoms with Crippen LogP contribution in [-0.2, 0) is 11.2 Å². The molecule has 1 N–H and O–H groups in total. The lowest BCUT2D eigenvalue weighted by Gasteiger charge is -2.14.